The molecule has 0 aromatic heterocycles. The lowest BCUT2D eigenvalue weighted by Crippen LogP contribution is -2.56. The van der Waals surface area contributed by atoms with Crippen molar-refractivity contribution in [1.82, 2.24) is 10.2 Å². The lowest BCUT2D eigenvalue weighted by Gasteiger charge is -2.35. The smallest absolute Gasteiger partial charge is 0.264 e. The molecule has 0 aliphatic heterocycles. The SMILES string of the molecule is CCOc1ccc(S(=O)(=O)N(CC(=O)N(Cc2ccc(C)cc2)C(Cc2ccccc2)C(=O)NC(C)(C)C)c2ccc(F)cc2)cc1. The largest absolute Gasteiger partial charge is 0.494 e. The van der Waals surface area contributed by atoms with Crippen molar-refractivity contribution in [1.29, 1.82) is 0 Å². The monoisotopic (exact) mass is 659 g/mol. The summed E-state index contributed by atoms with van der Waals surface area (Å²) in [5.41, 5.74) is 2.14. The average Bonchev–Trinajstić information content (AvgIpc) is 3.03. The zero-order valence-corrected chi connectivity index (χ0v) is 28.3. The van der Waals surface area contributed by atoms with E-state index in [-0.39, 0.29) is 29.5 Å². The van der Waals surface area contributed by atoms with Crippen molar-refractivity contribution in [3.8, 4) is 5.75 Å². The highest BCUT2D eigenvalue weighted by atomic mass is 32.2. The van der Waals surface area contributed by atoms with Gasteiger partial charge >= 0.3 is 0 Å². The number of nitrogens with zero attached hydrogens (tertiary/aromatic N) is 2. The van der Waals surface area contributed by atoms with E-state index >= 15 is 0 Å². The molecule has 1 atom stereocenters. The Morgan fingerprint density at radius 3 is 2.04 bits per heavy atom. The number of benzene rings is 4. The van der Waals surface area contributed by atoms with Crippen LogP contribution < -0.4 is 14.4 Å². The minimum atomic E-state index is -4.33. The van der Waals surface area contributed by atoms with Gasteiger partial charge in [0.25, 0.3) is 10.0 Å². The molecule has 0 spiro atoms. The van der Waals surface area contributed by atoms with Gasteiger partial charge in [0.2, 0.25) is 11.8 Å². The number of hydrogen-bond donors (Lipinski definition) is 1. The number of nitrogens with one attached hydrogen (secondary N) is 1. The Balaban J connectivity index is 1.80. The first-order valence-electron chi connectivity index (χ1n) is 15.5. The number of aryl methyl sites for hydroxylation is 1. The first-order valence-corrected chi connectivity index (χ1v) is 16.9. The van der Waals surface area contributed by atoms with Gasteiger partial charge < -0.3 is 15.0 Å². The van der Waals surface area contributed by atoms with Gasteiger partial charge in [-0.25, -0.2) is 12.8 Å². The Labute approximate surface area is 277 Å². The zero-order valence-electron chi connectivity index (χ0n) is 27.4. The van der Waals surface area contributed by atoms with E-state index in [4.69, 9.17) is 4.74 Å². The molecular formula is C37H42FN3O5S. The molecule has 47 heavy (non-hydrogen) atoms. The second-order valence-electron chi connectivity index (χ2n) is 12.3. The van der Waals surface area contributed by atoms with Crippen LogP contribution in [-0.4, -0.2) is 49.9 Å². The third-order valence-corrected chi connectivity index (χ3v) is 9.15. The number of carbonyl (C=O) groups excluding carboxylic acids is 2. The molecule has 0 aliphatic carbocycles. The second kappa shape index (κ2) is 15.3. The summed E-state index contributed by atoms with van der Waals surface area (Å²) in [6, 6.07) is 26.8. The van der Waals surface area contributed by atoms with Gasteiger partial charge in [-0.1, -0.05) is 60.2 Å². The number of sulfonamides is 1. The highest BCUT2D eigenvalue weighted by molar-refractivity contribution is 7.92. The molecule has 0 bridgehead atoms. The number of hydrogen-bond acceptors (Lipinski definition) is 5. The van der Waals surface area contributed by atoms with Crippen molar-refractivity contribution in [2.75, 3.05) is 17.5 Å². The van der Waals surface area contributed by atoms with Crippen LogP contribution in [0.3, 0.4) is 0 Å². The minimum absolute atomic E-state index is 0.0501. The van der Waals surface area contributed by atoms with Crippen molar-refractivity contribution in [2.45, 2.75) is 64.1 Å². The number of anilines is 1. The van der Waals surface area contributed by atoms with Crippen LogP contribution in [0.25, 0.3) is 0 Å². The van der Waals surface area contributed by atoms with E-state index in [1.807, 2.05) is 89.2 Å². The molecule has 0 radical (unpaired) electrons. The summed E-state index contributed by atoms with van der Waals surface area (Å²) >= 11 is 0. The maximum atomic E-state index is 14.5. The maximum Gasteiger partial charge on any atom is 0.264 e. The van der Waals surface area contributed by atoms with E-state index in [2.05, 4.69) is 5.32 Å². The number of ether oxygens (including phenoxy) is 1. The Morgan fingerprint density at radius 2 is 1.47 bits per heavy atom. The van der Waals surface area contributed by atoms with Crippen molar-refractivity contribution < 1.29 is 27.1 Å². The molecule has 0 saturated heterocycles. The molecule has 8 nitrogen and oxygen atoms in total. The molecule has 0 fully saturated rings. The van der Waals surface area contributed by atoms with Crippen LogP contribution in [0.4, 0.5) is 10.1 Å². The van der Waals surface area contributed by atoms with Crippen LogP contribution in [0.1, 0.15) is 44.4 Å². The van der Waals surface area contributed by atoms with Crippen LogP contribution in [0.15, 0.2) is 108 Å². The Morgan fingerprint density at radius 1 is 0.851 bits per heavy atom. The van der Waals surface area contributed by atoms with Crippen LogP contribution in [0.5, 0.6) is 5.75 Å². The maximum absolute atomic E-state index is 14.5. The van der Waals surface area contributed by atoms with Crippen molar-refractivity contribution in [3.05, 3.63) is 126 Å². The molecule has 1 unspecified atom stereocenters. The predicted octanol–water partition coefficient (Wildman–Crippen LogP) is 6.28. The fourth-order valence-electron chi connectivity index (χ4n) is 5.03. The standard InChI is InChI=1S/C37H42FN3O5S/c1-6-46-32-20-22-33(23-21-32)47(44,45)41(31-18-16-30(38)17-19-31)26-35(42)40(25-29-14-12-27(2)13-15-29)34(36(43)39-37(3,4)5)24-28-10-8-7-9-11-28/h7-23,34H,6,24-26H2,1-5H3,(H,39,43). The van der Waals surface area contributed by atoms with Gasteiger partial charge in [0, 0.05) is 18.5 Å². The fraction of sp³-hybridized carbons (Fsp3) is 0.297. The highest BCUT2D eigenvalue weighted by Crippen LogP contribution is 2.27. The molecule has 248 valence electrons. The summed E-state index contributed by atoms with van der Waals surface area (Å²) in [5, 5.41) is 3.01. The topological polar surface area (TPSA) is 96.0 Å². The third-order valence-electron chi connectivity index (χ3n) is 7.36. The van der Waals surface area contributed by atoms with Crippen molar-refractivity contribution in [3.63, 3.8) is 0 Å². The molecule has 4 aromatic rings. The lowest BCUT2D eigenvalue weighted by atomic mass is 10.0. The molecule has 4 rings (SSSR count). The number of amides is 2. The molecule has 1 N–H and O–H groups in total. The highest BCUT2D eigenvalue weighted by Gasteiger charge is 2.35. The van der Waals surface area contributed by atoms with E-state index in [0.717, 1.165) is 33.1 Å². The van der Waals surface area contributed by atoms with Crippen LogP contribution in [0, 0.1) is 12.7 Å². The van der Waals surface area contributed by atoms with Gasteiger partial charge in [0.15, 0.2) is 0 Å². The average molecular weight is 660 g/mol. The van der Waals surface area contributed by atoms with Gasteiger partial charge in [0.1, 0.15) is 24.2 Å². The van der Waals surface area contributed by atoms with E-state index in [9.17, 15) is 22.4 Å². The van der Waals surface area contributed by atoms with Gasteiger partial charge in [-0.2, -0.15) is 0 Å². The van der Waals surface area contributed by atoms with E-state index in [1.165, 1.54) is 41.3 Å². The van der Waals surface area contributed by atoms with E-state index in [1.54, 1.807) is 0 Å². The number of halogens is 1. The van der Waals surface area contributed by atoms with Crippen LogP contribution in [-0.2, 0) is 32.6 Å². The van der Waals surface area contributed by atoms with Gasteiger partial charge in [-0.3, -0.25) is 13.9 Å². The summed E-state index contributed by atoms with van der Waals surface area (Å²) < 4.78 is 48.7. The predicted molar refractivity (Wildman–Crippen MR) is 182 cm³/mol. The minimum Gasteiger partial charge on any atom is -0.494 e. The Bertz CT molecular complexity index is 1740. The molecule has 0 saturated carbocycles. The Hall–Kier alpha value is -4.70. The summed E-state index contributed by atoms with van der Waals surface area (Å²) in [4.78, 5) is 29.8. The summed E-state index contributed by atoms with van der Waals surface area (Å²) in [5.74, 6) is -1.03. The summed E-state index contributed by atoms with van der Waals surface area (Å²) in [6.45, 7) is 9.17. The number of carbonyl (C=O) groups is 2. The molecule has 0 aliphatic rings. The summed E-state index contributed by atoms with van der Waals surface area (Å²) in [6.07, 6.45) is 0.197. The molecule has 2 amide bonds. The second-order valence-corrected chi connectivity index (χ2v) is 14.2. The normalized spacial score (nSPS) is 12.2. The van der Waals surface area contributed by atoms with Crippen LogP contribution in [0.2, 0.25) is 0 Å². The quantitative estimate of drug-likeness (QED) is 0.182. The first kappa shape index (κ1) is 35.2. The van der Waals surface area contributed by atoms with Gasteiger partial charge in [-0.15, -0.1) is 0 Å². The van der Waals surface area contributed by atoms with Gasteiger partial charge in [0.05, 0.1) is 17.2 Å². The van der Waals surface area contributed by atoms with E-state index in [0.29, 0.717) is 12.4 Å². The third kappa shape index (κ3) is 9.65. The van der Waals surface area contributed by atoms with Crippen LogP contribution >= 0.6 is 0 Å². The Kier molecular flexibility index (Phi) is 11.4. The van der Waals surface area contributed by atoms with E-state index < -0.39 is 39.9 Å². The first-order chi connectivity index (χ1) is 22.3. The van der Waals surface area contributed by atoms with Crippen molar-refractivity contribution in [2.24, 2.45) is 0 Å². The fourth-order valence-corrected chi connectivity index (χ4v) is 6.45. The summed E-state index contributed by atoms with van der Waals surface area (Å²) in [7, 11) is -4.33. The lowest BCUT2D eigenvalue weighted by molar-refractivity contribution is -0.140. The molecule has 4 aromatic carbocycles. The zero-order chi connectivity index (χ0) is 34.2. The number of rotatable bonds is 13. The molecule has 0 heterocycles. The molecule has 10 heteroatoms. The van der Waals surface area contributed by atoms with Gasteiger partial charge in [-0.05, 0) is 94.3 Å². The van der Waals surface area contributed by atoms with Crippen molar-refractivity contribution >= 4 is 27.5 Å². The molecular weight excluding hydrogens is 617 g/mol.